The van der Waals surface area contributed by atoms with E-state index in [2.05, 4.69) is 39.4 Å². The van der Waals surface area contributed by atoms with Gasteiger partial charge in [-0.2, -0.15) is 5.10 Å². The van der Waals surface area contributed by atoms with Crippen molar-refractivity contribution in [1.82, 2.24) is 15.1 Å². The third-order valence-corrected chi connectivity index (χ3v) is 5.62. The molecular weight excluding hydrogens is 388 g/mol. The van der Waals surface area contributed by atoms with Gasteiger partial charge in [0.05, 0.1) is 5.69 Å². The molecule has 1 saturated heterocycles. The van der Waals surface area contributed by atoms with E-state index in [0.717, 1.165) is 50.3 Å². The molecule has 160 valence electrons. The first-order valence-corrected chi connectivity index (χ1v) is 10.8. The second kappa shape index (κ2) is 10.1. The van der Waals surface area contributed by atoms with Crippen molar-refractivity contribution in [3.63, 3.8) is 0 Å². The summed E-state index contributed by atoms with van der Waals surface area (Å²) >= 11 is 0. The molecular formula is C25H28N4O2. The molecule has 0 saturated carbocycles. The lowest BCUT2D eigenvalue weighted by Gasteiger charge is -2.35. The number of aromatic nitrogens is 2. The van der Waals surface area contributed by atoms with Crippen LogP contribution in [0.3, 0.4) is 0 Å². The van der Waals surface area contributed by atoms with Crippen molar-refractivity contribution in [3.8, 4) is 5.88 Å². The minimum atomic E-state index is 0.161. The highest BCUT2D eigenvalue weighted by atomic mass is 16.5. The Labute approximate surface area is 183 Å². The van der Waals surface area contributed by atoms with Gasteiger partial charge in [0.2, 0.25) is 11.8 Å². The minimum absolute atomic E-state index is 0.161. The summed E-state index contributed by atoms with van der Waals surface area (Å²) in [6.45, 7) is 5.48. The van der Waals surface area contributed by atoms with Gasteiger partial charge in [-0.25, -0.2) is 0 Å². The number of piperazine rings is 1. The maximum absolute atomic E-state index is 11.5. The van der Waals surface area contributed by atoms with Gasteiger partial charge in [0.1, 0.15) is 6.61 Å². The third kappa shape index (κ3) is 5.81. The lowest BCUT2D eigenvalue weighted by atomic mass is 10.1. The van der Waals surface area contributed by atoms with Gasteiger partial charge in [-0.3, -0.25) is 4.79 Å². The summed E-state index contributed by atoms with van der Waals surface area (Å²) in [7, 11) is 0. The van der Waals surface area contributed by atoms with Gasteiger partial charge in [-0.05, 0) is 42.2 Å². The Hall–Kier alpha value is -3.41. The summed E-state index contributed by atoms with van der Waals surface area (Å²) in [5, 5.41) is 8.50. The molecule has 1 aliphatic heterocycles. The molecule has 0 N–H and O–H groups in total. The Morgan fingerprint density at radius 1 is 0.839 bits per heavy atom. The Morgan fingerprint density at radius 2 is 1.58 bits per heavy atom. The summed E-state index contributed by atoms with van der Waals surface area (Å²) < 4.78 is 5.70. The van der Waals surface area contributed by atoms with Crippen molar-refractivity contribution in [1.29, 1.82) is 0 Å². The lowest BCUT2D eigenvalue weighted by molar-refractivity contribution is -0.129. The van der Waals surface area contributed by atoms with Crippen LogP contribution in [0.5, 0.6) is 5.88 Å². The molecule has 0 radical (unpaired) electrons. The molecule has 4 rings (SSSR count). The SMILES string of the molecule is CC(=O)N1CCN(c2ccc(CCc3ccc(OCc4ccccc4)nn3)cc2)CC1. The van der Waals surface area contributed by atoms with Crippen LogP contribution in [0.1, 0.15) is 23.7 Å². The predicted molar refractivity (Wildman–Crippen MR) is 121 cm³/mol. The lowest BCUT2D eigenvalue weighted by Crippen LogP contribution is -2.48. The van der Waals surface area contributed by atoms with Crippen LogP contribution in [0.15, 0.2) is 66.7 Å². The fraction of sp³-hybridized carbons (Fsp3) is 0.320. The van der Waals surface area contributed by atoms with E-state index in [-0.39, 0.29) is 5.91 Å². The van der Waals surface area contributed by atoms with Gasteiger partial charge in [0, 0.05) is 44.9 Å². The van der Waals surface area contributed by atoms with Crippen molar-refractivity contribution in [2.45, 2.75) is 26.4 Å². The van der Waals surface area contributed by atoms with Crippen molar-refractivity contribution < 1.29 is 9.53 Å². The second-order valence-electron chi connectivity index (χ2n) is 7.80. The summed E-state index contributed by atoms with van der Waals surface area (Å²) in [6, 6.07) is 22.6. The largest absolute Gasteiger partial charge is 0.472 e. The van der Waals surface area contributed by atoms with Crippen molar-refractivity contribution in [3.05, 3.63) is 83.6 Å². The minimum Gasteiger partial charge on any atom is -0.472 e. The molecule has 0 atom stereocenters. The number of hydrogen-bond acceptors (Lipinski definition) is 5. The first-order valence-electron chi connectivity index (χ1n) is 10.8. The normalized spacial score (nSPS) is 13.8. The molecule has 1 aliphatic rings. The van der Waals surface area contributed by atoms with Crippen molar-refractivity contribution in [2.24, 2.45) is 0 Å². The van der Waals surface area contributed by atoms with Crippen LogP contribution < -0.4 is 9.64 Å². The molecule has 1 fully saturated rings. The Kier molecular flexibility index (Phi) is 6.77. The molecule has 6 nitrogen and oxygen atoms in total. The van der Waals surface area contributed by atoms with Gasteiger partial charge in [-0.15, -0.1) is 5.10 Å². The molecule has 31 heavy (non-hydrogen) atoms. The van der Waals surface area contributed by atoms with Gasteiger partial charge < -0.3 is 14.5 Å². The number of hydrogen-bond donors (Lipinski definition) is 0. The maximum Gasteiger partial charge on any atom is 0.233 e. The molecule has 6 heteroatoms. The Morgan fingerprint density at radius 3 is 2.23 bits per heavy atom. The van der Waals surface area contributed by atoms with E-state index >= 15 is 0 Å². The smallest absolute Gasteiger partial charge is 0.233 e. The molecule has 1 aromatic heterocycles. The fourth-order valence-electron chi connectivity index (χ4n) is 3.71. The van der Waals surface area contributed by atoms with Gasteiger partial charge >= 0.3 is 0 Å². The highest BCUT2D eigenvalue weighted by Gasteiger charge is 2.18. The van der Waals surface area contributed by atoms with Crippen LogP contribution in [0, 0.1) is 0 Å². The number of nitrogens with zero attached hydrogens (tertiary/aromatic N) is 4. The zero-order valence-corrected chi connectivity index (χ0v) is 17.9. The average Bonchev–Trinajstić information content (AvgIpc) is 2.83. The second-order valence-corrected chi connectivity index (χ2v) is 7.80. The molecule has 0 aliphatic carbocycles. The highest BCUT2D eigenvalue weighted by Crippen LogP contribution is 2.18. The Bertz CT molecular complexity index is 967. The van der Waals surface area contributed by atoms with Crippen LogP contribution in [0.25, 0.3) is 0 Å². The van der Waals surface area contributed by atoms with Gasteiger partial charge in [0.15, 0.2) is 0 Å². The van der Waals surface area contributed by atoms with Crippen LogP contribution in [-0.4, -0.2) is 47.2 Å². The average molecular weight is 417 g/mol. The molecule has 1 amide bonds. The molecule has 0 unspecified atom stereocenters. The summed E-state index contributed by atoms with van der Waals surface area (Å²) in [4.78, 5) is 15.7. The summed E-state index contributed by atoms with van der Waals surface area (Å²) in [5.41, 5.74) is 4.55. The van der Waals surface area contributed by atoms with E-state index in [1.165, 1.54) is 11.3 Å². The predicted octanol–water partition coefficient (Wildman–Crippen LogP) is 3.51. The standard InChI is InChI=1S/C25H28N4O2/c1-20(30)28-15-17-29(18-16-28)24-12-8-21(9-13-24)7-10-23-11-14-25(27-26-23)31-19-22-5-3-2-4-6-22/h2-6,8-9,11-14H,7,10,15-19H2,1H3. The van der Waals surface area contributed by atoms with Gasteiger partial charge in [0.25, 0.3) is 0 Å². The number of anilines is 1. The number of amides is 1. The van der Waals surface area contributed by atoms with Crippen LogP contribution in [0.2, 0.25) is 0 Å². The number of ether oxygens (including phenoxy) is 1. The van der Waals surface area contributed by atoms with E-state index in [1.54, 1.807) is 6.92 Å². The van der Waals surface area contributed by atoms with Crippen molar-refractivity contribution >= 4 is 11.6 Å². The number of aryl methyl sites for hydroxylation is 2. The van der Waals surface area contributed by atoms with E-state index in [9.17, 15) is 4.79 Å². The number of carbonyl (C=O) groups excluding carboxylic acids is 1. The summed E-state index contributed by atoms with van der Waals surface area (Å²) in [5.74, 6) is 0.704. The number of carbonyl (C=O) groups is 1. The first-order chi connectivity index (χ1) is 15.2. The zero-order valence-electron chi connectivity index (χ0n) is 17.9. The van der Waals surface area contributed by atoms with Crippen molar-refractivity contribution in [2.75, 3.05) is 31.1 Å². The first kappa shape index (κ1) is 20.8. The van der Waals surface area contributed by atoms with E-state index in [4.69, 9.17) is 4.74 Å². The quantitative estimate of drug-likeness (QED) is 0.590. The van der Waals surface area contributed by atoms with E-state index in [1.807, 2.05) is 47.4 Å². The van der Waals surface area contributed by atoms with Crippen LogP contribution >= 0.6 is 0 Å². The monoisotopic (exact) mass is 416 g/mol. The molecule has 0 bridgehead atoms. The maximum atomic E-state index is 11.5. The molecule has 2 aromatic carbocycles. The molecule has 3 aromatic rings. The highest BCUT2D eigenvalue weighted by molar-refractivity contribution is 5.73. The number of rotatable bonds is 7. The molecule has 2 heterocycles. The Balaban J connectivity index is 1.24. The van der Waals surface area contributed by atoms with Crippen LogP contribution in [-0.2, 0) is 24.2 Å². The fourth-order valence-corrected chi connectivity index (χ4v) is 3.71. The van der Waals surface area contributed by atoms with E-state index in [0.29, 0.717) is 12.5 Å². The van der Waals surface area contributed by atoms with Crippen LogP contribution in [0.4, 0.5) is 5.69 Å². The topological polar surface area (TPSA) is 58.6 Å². The van der Waals surface area contributed by atoms with Gasteiger partial charge in [-0.1, -0.05) is 42.5 Å². The zero-order chi connectivity index (χ0) is 21.5. The number of benzene rings is 2. The van der Waals surface area contributed by atoms with E-state index < -0.39 is 0 Å². The molecule has 0 spiro atoms. The summed E-state index contributed by atoms with van der Waals surface area (Å²) in [6.07, 6.45) is 1.75. The third-order valence-electron chi connectivity index (χ3n) is 5.62.